The number of anilines is 1. The molecule has 11 heteroatoms. The number of barbiturate groups is 1. The van der Waals surface area contributed by atoms with Crippen LogP contribution in [0.3, 0.4) is 0 Å². The molecule has 1 aliphatic heterocycles. The molecule has 0 spiro atoms. The Hall–Kier alpha value is -5.97. The molecule has 0 unspecified atom stereocenters. The molecule has 11 nitrogen and oxygen atoms in total. The van der Waals surface area contributed by atoms with E-state index in [-0.39, 0.29) is 23.6 Å². The van der Waals surface area contributed by atoms with Gasteiger partial charge in [-0.3, -0.25) is 25.0 Å². The van der Waals surface area contributed by atoms with Gasteiger partial charge in [0, 0.05) is 12.1 Å². The second-order valence-electron chi connectivity index (χ2n) is 10.1. The summed E-state index contributed by atoms with van der Waals surface area (Å²) < 4.78 is 17.4. The Morgan fingerprint density at radius 3 is 2.27 bits per heavy atom. The molecule has 4 amide bonds. The number of amides is 4. The molecular formula is C34H29N3O8. The van der Waals surface area contributed by atoms with Crippen molar-refractivity contribution < 1.29 is 33.5 Å². The normalized spacial score (nSPS) is 13.9. The van der Waals surface area contributed by atoms with Gasteiger partial charge in [-0.25, -0.2) is 9.69 Å². The van der Waals surface area contributed by atoms with Crippen LogP contribution in [0.5, 0.6) is 17.2 Å². The van der Waals surface area contributed by atoms with Gasteiger partial charge in [0.25, 0.3) is 17.5 Å². The van der Waals surface area contributed by atoms with Crippen LogP contribution in [-0.2, 0) is 22.8 Å². The highest BCUT2D eigenvalue weighted by Crippen LogP contribution is 2.31. The van der Waals surface area contributed by atoms with Gasteiger partial charge in [0.2, 0.25) is 0 Å². The summed E-state index contributed by atoms with van der Waals surface area (Å²) in [6, 6.07) is 24.4. The predicted octanol–water partition coefficient (Wildman–Crippen LogP) is 6.13. The lowest BCUT2D eigenvalue weighted by Crippen LogP contribution is -2.54. The zero-order valence-corrected chi connectivity index (χ0v) is 24.5. The lowest BCUT2D eigenvalue weighted by atomic mass is 10.1. The molecule has 45 heavy (non-hydrogen) atoms. The summed E-state index contributed by atoms with van der Waals surface area (Å²) in [5.74, 6) is -0.363. The molecule has 0 aliphatic carbocycles. The number of hydrogen-bond donors (Lipinski definition) is 1. The Balaban J connectivity index is 1.32. The Bertz CT molecular complexity index is 1780. The molecule has 0 radical (unpaired) electrons. The minimum atomic E-state index is -0.865. The van der Waals surface area contributed by atoms with Crippen molar-refractivity contribution in [3.05, 3.63) is 129 Å². The van der Waals surface area contributed by atoms with E-state index in [1.807, 2.05) is 31.2 Å². The van der Waals surface area contributed by atoms with Gasteiger partial charge in [-0.2, -0.15) is 0 Å². The number of carbonyl (C=O) groups is 3. The third-order valence-corrected chi connectivity index (χ3v) is 6.82. The third kappa shape index (κ3) is 7.34. The smallest absolute Gasteiger partial charge is 0.335 e. The van der Waals surface area contributed by atoms with Crippen LogP contribution in [0.2, 0.25) is 0 Å². The van der Waals surface area contributed by atoms with Crippen molar-refractivity contribution in [2.75, 3.05) is 11.5 Å². The summed E-state index contributed by atoms with van der Waals surface area (Å²) in [5.41, 5.74) is 3.16. The van der Waals surface area contributed by atoms with Gasteiger partial charge in [-0.15, -0.1) is 0 Å². The lowest BCUT2D eigenvalue weighted by Gasteiger charge is -2.26. The monoisotopic (exact) mass is 607 g/mol. The van der Waals surface area contributed by atoms with Crippen LogP contribution in [0, 0.1) is 17.0 Å². The van der Waals surface area contributed by atoms with Crippen LogP contribution < -0.4 is 24.4 Å². The molecule has 0 atom stereocenters. The van der Waals surface area contributed by atoms with Crippen molar-refractivity contribution in [2.24, 2.45) is 0 Å². The summed E-state index contributed by atoms with van der Waals surface area (Å²) in [5, 5.41) is 13.3. The molecule has 1 saturated heterocycles. The third-order valence-electron chi connectivity index (χ3n) is 6.82. The van der Waals surface area contributed by atoms with Gasteiger partial charge in [0.1, 0.15) is 24.5 Å². The van der Waals surface area contributed by atoms with E-state index < -0.39 is 22.8 Å². The maximum atomic E-state index is 13.4. The minimum Gasteiger partial charge on any atom is -0.490 e. The van der Waals surface area contributed by atoms with E-state index >= 15 is 0 Å². The number of nitro benzene ring substituents is 1. The van der Waals surface area contributed by atoms with Crippen LogP contribution >= 0.6 is 0 Å². The number of nitro groups is 1. The Labute approximate surface area is 258 Å². The fourth-order valence-corrected chi connectivity index (χ4v) is 4.52. The van der Waals surface area contributed by atoms with E-state index in [0.29, 0.717) is 41.6 Å². The van der Waals surface area contributed by atoms with Crippen LogP contribution in [-0.4, -0.2) is 29.4 Å². The van der Waals surface area contributed by atoms with E-state index in [1.54, 1.807) is 61.5 Å². The minimum absolute atomic E-state index is 0.0477. The van der Waals surface area contributed by atoms with Crippen molar-refractivity contribution in [1.82, 2.24) is 5.32 Å². The zero-order chi connectivity index (χ0) is 31.9. The fraction of sp³-hybridized carbons (Fsp3) is 0.147. The SMILES string of the molecule is CCOc1cc(/C=C2\C(=O)NC(=O)N(c3ccc(OCc4ccc(C)cc4)cc3)C2=O)ccc1OCc1cccc([N+](=O)[O-])c1. The number of urea groups is 1. The molecule has 5 rings (SSSR count). The van der Waals surface area contributed by atoms with E-state index in [4.69, 9.17) is 14.2 Å². The van der Waals surface area contributed by atoms with Crippen molar-refractivity contribution in [3.63, 3.8) is 0 Å². The van der Waals surface area contributed by atoms with Crippen molar-refractivity contribution >= 4 is 35.3 Å². The Morgan fingerprint density at radius 1 is 0.822 bits per heavy atom. The molecule has 1 heterocycles. The molecule has 228 valence electrons. The molecule has 4 aromatic carbocycles. The Kier molecular flexibility index (Phi) is 9.18. The first-order valence-corrected chi connectivity index (χ1v) is 14.0. The topological polar surface area (TPSA) is 137 Å². The molecular weight excluding hydrogens is 578 g/mol. The fourth-order valence-electron chi connectivity index (χ4n) is 4.52. The second kappa shape index (κ2) is 13.6. The largest absolute Gasteiger partial charge is 0.490 e. The van der Waals surface area contributed by atoms with Gasteiger partial charge in [0.15, 0.2) is 11.5 Å². The highest BCUT2D eigenvalue weighted by atomic mass is 16.6. The van der Waals surface area contributed by atoms with Crippen LogP contribution in [0.15, 0.2) is 96.6 Å². The summed E-state index contributed by atoms with van der Waals surface area (Å²) >= 11 is 0. The number of aryl methyl sites for hydroxylation is 1. The average Bonchev–Trinajstić information content (AvgIpc) is 3.03. The van der Waals surface area contributed by atoms with Crippen molar-refractivity contribution in [1.29, 1.82) is 0 Å². The molecule has 0 aromatic heterocycles. The predicted molar refractivity (Wildman–Crippen MR) is 166 cm³/mol. The first-order chi connectivity index (χ1) is 21.7. The number of nitrogens with one attached hydrogen (secondary N) is 1. The first kappa shape index (κ1) is 30.5. The van der Waals surface area contributed by atoms with E-state index in [0.717, 1.165) is 16.0 Å². The summed E-state index contributed by atoms with van der Waals surface area (Å²) in [6.45, 7) is 4.50. The van der Waals surface area contributed by atoms with Gasteiger partial charge in [-0.1, -0.05) is 48.0 Å². The number of imide groups is 2. The molecule has 4 aromatic rings. The van der Waals surface area contributed by atoms with Crippen LogP contribution in [0.4, 0.5) is 16.2 Å². The average molecular weight is 608 g/mol. The molecule has 0 bridgehead atoms. The number of carbonyl (C=O) groups excluding carboxylic acids is 3. The maximum absolute atomic E-state index is 13.4. The van der Waals surface area contributed by atoms with E-state index in [9.17, 15) is 24.5 Å². The lowest BCUT2D eigenvalue weighted by molar-refractivity contribution is -0.384. The quantitative estimate of drug-likeness (QED) is 0.0931. The number of benzene rings is 4. The number of rotatable bonds is 11. The number of non-ortho nitro benzene ring substituents is 1. The maximum Gasteiger partial charge on any atom is 0.335 e. The van der Waals surface area contributed by atoms with Gasteiger partial charge in [0.05, 0.1) is 17.2 Å². The highest BCUT2D eigenvalue weighted by Gasteiger charge is 2.36. The number of nitrogens with zero attached hydrogens (tertiary/aromatic N) is 2. The van der Waals surface area contributed by atoms with Crippen LogP contribution in [0.1, 0.15) is 29.2 Å². The van der Waals surface area contributed by atoms with E-state index in [2.05, 4.69) is 5.32 Å². The zero-order valence-electron chi connectivity index (χ0n) is 24.5. The molecule has 0 saturated carbocycles. The highest BCUT2D eigenvalue weighted by molar-refractivity contribution is 6.39. The van der Waals surface area contributed by atoms with Crippen LogP contribution in [0.25, 0.3) is 6.08 Å². The summed E-state index contributed by atoms with van der Waals surface area (Å²) in [6.07, 6.45) is 1.36. The van der Waals surface area contributed by atoms with Gasteiger partial charge < -0.3 is 14.2 Å². The van der Waals surface area contributed by atoms with E-state index in [1.165, 1.54) is 18.2 Å². The second-order valence-corrected chi connectivity index (χ2v) is 10.1. The first-order valence-electron chi connectivity index (χ1n) is 14.0. The van der Waals surface area contributed by atoms with Gasteiger partial charge in [-0.05, 0) is 73.0 Å². The molecule has 1 aliphatic rings. The van der Waals surface area contributed by atoms with Crippen molar-refractivity contribution in [3.8, 4) is 17.2 Å². The standard InChI is InChI=1S/C34H29N3O8/c1-3-43-31-19-24(11-16-30(31)45-21-25-5-4-6-27(17-25)37(41)42)18-29-32(38)35-34(40)36(33(29)39)26-12-14-28(15-13-26)44-20-23-9-7-22(2)8-10-23/h4-19H,3,20-21H2,1-2H3,(H,35,38,40)/b29-18+. The summed E-state index contributed by atoms with van der Waals surface area (Å²) in [7, 11) is 0. The molecule has 1 fully saturated rings. The Morgan fingerprint density at radius 2 is 1.56 bits per heavy atom. The number of ether oxygens (including phenoxy) is 3. The molecule has 1 N–H and O–H groups in total. The number of hydrogen-bond acceptors (Lipinski definition) is 8. The van der Waals surface area contributed by atoms with Crippen molar-refractivity contribution in [2.45, 2.75) is 27.1 Å². The summed E-state index contributed by atoms with van der Waals surface area (Å²) in [4.78, 5) is 50.4. The van der Waals surface area contributed by atoms with Gasteiger partial charge >= 0.3 is 6.03 Å².